The molecule has 2 atom stereocenters. The average Bonchev–Trinajstić information content (AvgIpc) is 2.77. The first-order valence-corrected chi connectivity index (χ1v) is 7.19. The van der Waals surface area contributed by atoms with Crippen molar-refractivity contribution in [3.8, 4) is 0 Å². The summed E-state index contributed by atoms with van der Waals surface area (Å²) in [6.07, 6.45) is 1.34. The summed E-state index contributed by atoms with van der Waals surface area (Å²) in [6, 6.07) is 12.0. The third-order valence-electron chi connectivity index (χ3n) is 3.80. The Morgan fingerprint density at radius 2 is 2.00 bits per heavy atom. The molecule has 1 aliphatic heterocycles. The summed E-state index contributed by atoms with van der Waals surface area (Å²) in [5.41, 5.74) is 1.44. The third-order valence-corrected chi connectivity index (χ3v) is 3.80. The van der Waals surface area contributed by atoms with Crippen LogP contribution in [0, 0.1) is 5.92 Å². The molecular weight excluding hydrogens is 220 g/mol. The molecule has 0 radical (unpaired) electrons. The Hall–Kier alpha value is -0.860. The quantitative estimate of drug-likeness (QED) is 0.859. The van der Waals surface area contributed by atoms with Crippen molar-refractivity contribution < 1.29 is 0 Å². The minimum absolute atomic E-state index is 0.526. The molecule has 1 N–H and O–H groups in total. The normalized spacial score (nSPS) is 22.6. The Kier molecular flexibility index (Phi) is 4.79. The smallest absolute Gasteiger partial charge is 0.0472 e. The lowest BCUT2D eigenvalue weighted by molar-refractivity contribution is 0.228. The Morgan fingerprint density at radius 1 is 1.28 bits per heavy atom. The van der Waals surface area contributed by atoms with E-state index in [0.717, 1.165) is 12.5 Å². The van der Waals surface area contributed by atoms with Crippen molar-refractivity contribution in [1.82, 2.24) is 10.2 Å². The monoisotopic (exact) mass is 246 g/mol. The minimum atomic E-state index is 0.526. The van der Waals surface area contributed by atoms with Gasteiger partial charge in [-0.1, -0.05) is 51.1 Å². The minimum Gasteiger partial charge on any atom is -0.313 e. The highest BCUT2D eigenvalue weighted by atomic mass is 15.2. The molecule has 1 heterocycles. The number of rotatable bonds is 5. The van der Waals surface area contributed by atoms with Gasteiger partial charge in [-0.05, 0) is 24.4 Å². The number of hydrogen-bond donors (Lipinski definition) is 1. The van der Waals surface area contributed by atoms with Crippen LogP contribution >= 0.6 is 0 Å². The molecular formula is C16H26N2. The molecule has 0 amide bonds. The lowest BCUT2D eigenvalue weighted by Crippen LogP contribution is -2.37. The number of benzene rings is 1. The van der Waals surface area contributed by atoms with Crippen LogP contribution in [0.5, 0.6) is 0 Å². The molecule has 1 aliphatic rings. The van der Waals surface area contributed by atoms with Crippen LogP contribution in [0.4, 0.5) is 0 Å². The first kappa shape index (κ1) is 13.6. The van der Waals surface area contributed by atoms with Crippen LogP contribution in [0.1, 0.15) is 38.8 Å². The van der Waals surface area contributed by atoms with Gasteiger partial charge in [0.2, 0.25) is 0 Å². The molecule has 0 spiro atoms. The molecule has 0 saturated carbocycles. The first-order chi connectivity index (χ1) is 8.66. The second-order valence-corrected chi connectivity index (χ2v) is 5.88. The highest BCUT2D eigenvalue weighted by molar-refractivity contribution is 5.19. The summed E-state index contributed by atoms with van der Waals surface area (Å²) in [5.74, 6) is 0.843. The van der Waals surface area contributed by atoms with Gasteiger partial charge in [0.1, 0.15) is 0 Å². The molecule has 2 nitrogen and oxygen atoms in total. The van der Waals surface area contributed by atoms with Crippen LogP contribution in [0.2, 0.25) is 0 Å². The molecule has 100 valence electrons. The molecule has 0 aliphatic carbocycles. The van der Waals surface area contributed by atoms with Crippen LogP contribution in [-0.4, -0.2) is 30.6 Å². The SMILES string of the molecule is CC1CCN(C(CNC(C)C)c2ccccc2)C1. The zero-order chi connectivity index (χ0) is 13.0. The maximum Gasteiger partial charge on any atom is 0.0472 e. The molecule has 0 aromatic heterocycles. The van der Waals surface area contributed by atoms with Gasteiger partial charge in [-0.2, -0.15) is 0 Å². The van der Waals surface area contributed by atoms with E-state index >= 15 is 0 Å². The van der Waals surface area contributed by atoms with Crippen molar-refractivity contribution in [2.45, 2.75) is 39.3 Å². The summed E-state index contributed by atoms with van der Waals surface area (Å²) in [4.78, 5) is 2.63. The van der Waals surface area contributed by atoms with Gasteiger partial charge in [-0.15, -0.1) is 0 Å². The lowest BCUT2D eigenvalue weighted by Gasteiger charge is -2.29. The first-order valence-electron chi connectivity index (χ1n) is 7.19. The summed E-state index contributed by atoms with van der Waals surface area (Å²) >= 11 is 0. The van der Waals surface area contributed by atoms with Gasteiger partial charge in [-0.25, -0.2) is 0 Å². The van der Waals surface area contributed by atoms with Crippen molar-refractivity contribution >= 4 is 0 Å². The summed E-state index contributed by atoms with van der Waals surface area (Å²) in [7, 11) is 0. The summed E-state index contributed by atoms with van der Waals surface area (Å²) in [5, 5.41) is 3.59. The Balaban J connectivity index is 2.07. The maximum absolute atomic E-state index is 3.59. The van der Waals surface area contributed by atoms with Gasteiger partial charge in [0.15, 0.2) is 0 Å². The fourth-order valence-electron chi connectivity index (χ4n) is 2.73. The van der Waals surface area contributed by atoms with E-state index < -0.39 is 0 Å². The summed E-state index contributed by atoms with van der Waals surface area (Å²) < 4.78 is 0. The van der Waals surface area contributed by atoms with Crippen molar-refractivity contribution in [3.63, 3.8) is 0 Å². The number of nitrogens with one attached hydrogen (secondary N) is 1. The third kappa shape index (κ3) is 3.56. The largest absolute Gasteiger partial charge is 0.313 e. The van der Waals surface area contributed by atoms with Crippen LogP contribution in [0.15, 0.2) is 30.3 Å². The van der Waals surface area contributed by atoms with Gasteiger partial charge in [0.25, 0.3) is 0 Å². The Morgan fingerprint density at radius 3 is 2.56 bits per heavy atom. The molecule has 0 bridgehead atoms. The number of likely N-dealkylation sites (tertiary alicyclic amines) is 1. The maximum atomic E-state index is 3.59. The molecule has 2 heteroatoms. The molecule has 1 aromatic rings. The van der Waals surface area contributed by atoms with Crippen molar-refractivity contribution in [2.75, 3.05) is 19.6 Å². The van der Waals surface area contributed by atoms with Crippen molar-refractivity contribution in [1.29, 1.82) is 0 Å². The molecule has 1 saturated heterocycles. The van der Waals surface area contributed by atoms with Crippen molar-refractivity contribution in [2.24, 2.45) is 5.92 Å². The summed E-state index contributed by atoms with van der Waals surface area (Å²) in [6.45, 7) is 10.3. The molecule has 2 rings (SSSR count). The predicted octanol–water partition coefficient (Wildman–Crippen LogP) is 3.07. The van der Waals surface area contributed by atoms with Gasteiger partial charge >= 0.3 is 0 Å². The topological polar surface area (TPSA) is 15.3 Å². The highest BCUT2D eigenvalue weighted by Crippen LogP contribution is 2.27. The fraction of sp³-hybridized carbons (Fsp3) is 0.625. The second-order valence-electron chi connectivity index (χ2n) is 5.88. The van der Waals surface area contributed by atoms with Crippen LogP contribution in [-0.2, 0) is 0 Å². The van der Waals surface area contributed by atoms with E-state index in [-0.39, 0.29) is 0 Å². The van der Waals surface area contributed by atoms with Gasteiger partial charge < -0.3 is 5.32 Å². The van der Waals surface area contributed by atoms with Crippen LogP contribution in [0.25, 0.3) is 0 Å². The standard InChI is InChI=1S/C16H26N2/c1-13(2)17-11-16(15-7-5-4-6-8-15)18-10-9-14(3)12-18/h4-8,13-14,16-17H,9-12H2,1-3H3. The van der Waals surface area contributed by atoms with E-state index in [1.807, 2.05) is 0 Å². The van der Waals surface area contributed by atoms with Crippen LogP contribution in [0.3, 0.4) is 0 Å². The fourth-order valence-corrected chi connectivity index (χ4v) is 2.73. The molecule has 1 fully saturated rings. The van der Waals surface area contributed by atoms with Gasteiger partial charge in [0, 0.05) is 25.2 Å². The predicted molar refractivity (Wildman–Crippen MR) is 77.7 cm³/mol. The Bertz CT molecular complexity index is 347. The van der Waals surface area contributed by atoms with E-state index in [4.69, 9.17) is 0 Å². The lowest BCUT2D eigenvalue weighted by atomic mass is 10.1. The van der Waals surface area contributed by atoms with E-state index in [1.54, 1.807) is 0 Å². The second kappa shape index (κ2) is 6.35. The van der Waals surface area contributed by atoms with E-state index in [0.29, 0.717) is 12.1 Å². The number of hydrogen-bond acceptors (Lipinski definition) is 2. The zero-order valence-corrected chi connectivity index (χ0v) is 11.9. The zero-order valence-electron chi connectivity index (χ0n) is 11.9. The van der Waals surface area contributed by atoms with E-state index in [2.05, 4.69) is 61.3 Å². The number of nitrogens with zero attached hydrogens (tertiary/aromatic N) is 1. The molecule has 1 aromatic carbocycles. The highest BCUT2D eigenvalue weighted by Gasteiger charge is 2.26. The average molecular weight is 246 g/mol. The van der Waals surface area contributed by atoms with Gasteiger partial charge in [-0.3, -0.25) is 4.90 Å². The van der Waals surface area contributed by atoms with Crippen LogP contribution < -0.4 is 5.32 Å². The van der Waals surface area contributed by atoms with Gasteiger partial charge in [0.05, 0.1) is 0 Å². The molecule has 18 heavy (non-hydrogen) atoms. The Labute approximate surface area is 111 Å². The molecule has 2 unspecified atom stereocenters. The van der Waals surface area contributed by atoms with E-state index in [1.165, 1.54) is 25.1 Å². The van der Waals surface area contributed by atoms with Crippen molar-refractivity contribution in [3.05, 3.63) is 35.9 Å². The van der Waals surface area contributed by atoms with E-state index in [9.17, 15) is 0 Å².